The van der Waals surface area contributed by atoms with Crippen LogP contribution in [0.3, 0.4) is 0 Å². The van der Waals surface area contributed by atoms with E-state index in [1.165, 1.54) is 26.0 Å². The van der Waals surface area contributed by atoms with Gasteiger partial charge in [0.15, 0.2) is 11.5 Å². The van der Waals surface area contributed by atoms with E-state index in [9.17, 15) is 84.8 Å². The van der Waals surface area contributed by atoms with Crippen LogP contribution >= 0.6 is 12.3 Å². The molecule has 0 aliphatic carbocycles. The van der Waals surface area contributed by atoms with E-state index in [4.69, 9.17) is 8.92 Å². The molecule has 13 atom stereocenters. The number of fused-ring (bicyclic) bond motifs is 2. The van der Waals surface area contributed by atoms with Crippen molar-refractivity contribution < 1.29 is 133 Å². The molecule has 0 saturated carbocycles. The van der Waals surface area contributed by atoms with Gasteiger partial charge < -0.3 is 96.1 Å². The van der Waals surface area contributed by atoms with Crippen molar-refractivity contribution >= 4 is 53.9 Å². The largest absolute Gasteiger partial charge is 1.00 e. The van der Waals surface area contributed by atoms with Crippen molar-refractivity contribution in [3.8, 4) is 11.5 Å². The summed E-state index contributed by atoms with van der Waals surface area (Å²) in [5.41, 5.74) is 0.0821. The Morgan fingerprint density at radius 1 is 0.890 bits per heavy atom. The molecule has 28 nitrogen and oxygen atoms in total. The minimum atomic E-state index is -2.18. The summed E-state index contributed by atoms with van der Waals surface area (Å²) in [6, 6.07) is -7.31. The first-order valence-electron chi connectivity index (χ1n) is 22.8. The van der Waals surface area contributed by atoms with Crippen LogP contribution in [0.5, 0.6) is 11.5 Å². The number of aromatic hydroxyl groups is 1. The number of aliphatic hydroxyl groups excluding tert-OH is 8. The minimum absolute atomic E-state index is 0. The number of carbonyl (C=O) groups excluding carboxylic acids is 7. The number of phenols is 1. The third-order valence-electron chi connectivity index (χ3n) is 12.4. The first-order valence-corrected chi connectivity index (χ1v) is 23.5. The van der Waals surface area contributed by atoms with E-state index in [1.54, 1.807) is 0 Å². The van der Waals surface area contributed by atoms with Crippen LogP contribution in [0, 0.1) is 11.8 Å². The Morgan fingerprint density at radius 3 is 2.16 bits per heavy atom. The topological polar surface area (TPSA) is 419 Å². The SMILES string of the molecule is C=CCOC(=O)N(CC[C@@H](O)[C@@H]1NC(=O)[C@H]([C@H](O)Cc2ccc(O)c(OSOO[O-])c2)NC(=O)[C@@H]2C[C@@H](O)CN2C(=O)[C@H]([C@@H](C)O)NC(=O)C(C)C[C@@H](O)CNC(=O)[C@@H]2[C@@H](O)[C@@H](C)CN2C1=O)C(CO)CO.[Na+]. The van der Waals surface area contributed by atoms with Crippen molar-refractivity contribution in [1.82, 2.24) is 36.0 Å². The summed E-state index contributed by atoms with van der Waals surface area (Å²) in [5, 5.41) is 121. The van der Waals surface area contributed by atoms with Gasteiger partial charge in [-0.05, 0) is 37.5 Å². The number of aliphatic hydroxyl groups is 8. The Bertz CT molecular complexity index is 2060. The molecule has 30 heteroatoms. The van der Waals surface area contributed by atoms with Crippen molar-refractivity contribution in [2.24, 2.45) is 11.8 Å². The maximum atomic E-state index is 14.8. The van der Waals surface area contributed by atoms with E-state index < -0.39 is 184 Å². The number of β-amino-alcohol motifs (C(OH)–C–C–N with tert-alkyl or cyclic N) is 1. The van der Waals surface area contributed by atoms with Crippen molar-refractivity contribution in [2.45, 2.75) is 119 Å². The number of amides is 7. The first-order chi connectivity index (χ1) is 34.1. The quantitative estimate of drug-likeness (QED) is 0.0172. The molecule has 3 fully saturated rings. The van der Waals surface area contributed by atoms with Crippen molar-refractivity contribution in [3.63, 3.8) is 0 Å². The Kier molecular flexibility index (Phi) is 25.5. The summed E-state index contributed by atoms with van der Waals surface area (Å²) in [6.07, 6.45) is -12.0. The molecule has 404 valence electrons. The van der Waals surface area contributed by atoms with Gasteiger partial charge in [-0.3, -0.25) is 33.8 Å². The van der Waals surface area contributed by atoms with Crippen molar-refractivity contribution in [1.29, 1.82) is 0 Å². The molecule has 1 aromatic rings. The van der Waals surface area contributed by atoms with Gasteiger partial charge in [0, 0.05) is 50.9 Å². The average molecular weight is 1070 g/mol. The summed E-state index contributed by atoms with van der Waals surface area (Å²) < 4.78 is 14.2. The Hall–Kier alpha value is -4.44. The van der Waals surface area contributed by atoms with E-state index in [0.29, 0.717) is 0 Å². The first kappa shape index (κ1) is 62.9. The molecule has 13 N–H and O–H groups in total. The van der Waals surface area contributed by atoms with Gasteiger partial charge in [0.1, 0.15) is 36.8 Å². The van der Waals surface area contributed by atoms with Crippen molar-refractivity contribution in [2.75, 3.05) is 46.0 Å². The molecule has 3 aliphatic rings. The number of benzene rings is 1. The van der Waals surface area contributed by atoms with Crippen LogP contribution < -0.4 is 60.3 Å². The zero-order chi connectivity index (χ0) is 53.6. The van der Waals surface area contributed by atoms with Gasteiger partial charge in [0.05, 0.1) is 55.9 Å². The second-order valence-electron chi connectivity index (χ2n) is 17.8. The maximum absolute atomic E-state index is 14.8. The predicted molar refractivity (Wildman–Crippen MR) is 242 cm³/mol. The monoisotopic (exact) mass is 1070 g/mol. The van der Waals surface area contributed by atoms with E-state index in [2.05, 4.69) is 37.2 Å². The molecule has 3 saturated heterocycles. The number of ether oxygens (including phenoxy) is 1. The van der Waals surface area contributed by atoms with Crippen LogP contribution in [0.1, 0.15) is 45.6 Å². The standard InChI is InChI=1S/C43H65N7O21S.Na/c1-5-10-68-43(66)48(24(18-51)19-52)9-8-29(57)34-42(65)50-16-21(3)36(59)35(50)40(63)44-15-25(54)11-20(2)37(60)45-32(22(4)53)41(64)49-17-26(55)14-27(49)38(61)46-33(39(62)47-34)30(58)12-23-6-7-28(56)31(13-23)69-72-71-70-67;/h5-7,13,20-22,24-27,29-30,32-36,51-59,67H,1,8-12,14-19H2,2-4H3,(H,44,63)(H,45,60)(H,46,61)(H,47,62);/q;+1/p-1/t20?,21-,22+,25+,26+,27-,29+,30+,32-,33-,34-,35-,36-;/m0./s1. The number of nitrogens with one attached hydrogen (secondary N) is 4. The zero-order valence-electron chi connectivity index (χ0n) is 40.6. The molecule has 1 aromatic carbocycles. The maximum Gasteiger partial charge on any atom is 1.00 e. The molecule has 4 rings (SSSR count). The summed E-state index contributed by atoms with van der Waals surface area (Å²) in [5.74, 6) is -9.50. The zero-order valence-corrected chi connectivity index (χ0v) is 43.4. The third kappa shape index (κ3) is 16.8. The molecule has 0 aromatic heterocycles. The van der Waals surface area contributed by atoms with Crippen LogP contribution in [0.4, 0.5) is 4.79 Å². The van der Waals surface area contributed by atoms with E-state index in [0.717, 1.165) is 33.8 Å². The van der Waals surface area contributed by atoms with Crippen molar-refractivity contribution in [3.05, 3.63) is 36.4 Å². The second-order valence-corrected chi connectivity index (χ2v) is 18.3. The number of nitrogens with zero attached hydrogens (tertiary/aromatic N) is 3. The smallest absolute Gasteiger partial charge is 0.691 e. The van der Waals surface area contributed by atoms with E-state index in [1.807, 2.05) is 0 Å². The molecule has 7 amide bonds. The van der Waals surface area contributed by atoms with Crippen LogP contribution in [0.2, 0.25) is 0 Å². The molecular weight excluding hydrogens is 1010 g/mol. The van der Waals surface area contributed by atoms with E-state index in [-0.39, 0.29) is 72.8 Å². The predicted octanol–water partition coefficient (Wildman–Crippen LogP) is -9.28. The van der Waals surface area contributed by atoms with Crippen LogP contribution in [0.15, 0.2) is 30.9 Å². The van der Waals surface area contributed by atoms with Gasteiger partial charge in [0.25, 0.3) is 12.3 Å². The second kappa shape index (κ2) is 29.6. The Balaban J connectivity index is 0.0000141. The fraction of sp³-hybridized carbons (Fsp3) is 0.651. The van der Waals surface area contributed by atoms with Gasteiger partial charge in [-0.25, -0.2) is 4.79 Å². The fourth-order valence-electron chi connectivity index (χ4n) is 8.47. The summed E-state index contributed by atoms with van der Waals surface area (Å²) in [4.78, 5) is 101. The van der Waals surface area contributed by atoms with Crippen LogP contribution in [0.25, 0.3) is 0 Å². The summed E-state index contributed by atoms with van der Waals surface area (Å²) in [6.45, 7) is 3.57. The summed E-state index contributed by atoms with van der Waals surface area (Å²) in [7, 11) is 0. The number of carbonyl (C=O) groups is 7. The molecule has 3 aliphatic heterocycles. The Morgan fingerprint density at radius 2 is 1.53 bits per heavy atom. The van der Waals surface area contributed by atoms with Gasteiger partial charge in [-0.15, -0.1) is 4.33 Å². The average Bonchev–Trinajstić information content (AvgIpc) is 3.88. The van der Waals surface area contributed by atoms with E-state index >= 15 is 0 Å². The molecule has 1 unspecified atom stereocenters. The fourth-order valence-corrected chi connectivity index (χ4v) is 8.73. The molecule has 0 bridgehead atoms. The third-order valence-corrected chi connectivity index (χ3v) is 12.8. The molecule has 0 radical (unpaired) electrons. The molecule has 73 heavy (non-hydrogen) atoms. The van der Waals surface area contributed by atoms with Gasteiger partial charge >= 0.3 is 35.7 Å². The van der Waals surface area contributed by atoms with Crippen LogP contribution in [-0.4, -0.2) is 221 Å². The van der Waals surface area contributed by atoms with Crippen LogP contribution in [-0.2, 0) is 49.3 Å². The van der Waals surface area contributed by atoms with Gasteiger partial charge in [0.2, 0.25) is 35.4 Å². The van der Waals surface area contributed by atoms with Gasteiger partial charge in [-0.1, -0.05) is 32.6 Å². The molecule has 0 spiro atoms. The number of phenolic OH excluding ortho intramolecular Hbond substituents is 1. The molecular formula is C43H64N7NaO21S. The number of rotatable bonds is 17. The normalized spacial score (nSPS) is 28.0. The van der Waals surface area contributed by atoms with Gasteiger partial charge in [-0.2, -0.15) is 0 Å². The summed E-state index contributed by atoms with van der Waals surface area (Å²) >= 11 is -0.00120. The molecule has 3 heterocycles. The number of hydrogen-bond acceptors (Lipinski definition) is 22. The minimum Gasteiger partial charge on any atom is -0.691 e. The Labute approximate surface area is 445 Å². The number of hydrogen-bond donors (Lipinski definition) is 13.